The number of carboxylic acid groups (broad SMARTS) is 1. The van der Waals surface area contributed by atoms with Crippen LogP contribution in [-0.4, -0.2) is 11.1 Å². The maximum atomic E-state index is 13.6. The molecule has 2 rings (SSSR count). The van der Waals surface area contributed by atoms with E-state index in [1.54, 1.807) is 18.2 Å². The molecule has 0 heterocycles. The van der Waals surface area contributed by atoms with Crippen LogP contribution in [0.5, 0.6) is 0 Å². The highest BCUT2D eigenvalue weighted by Gasteiger charge is 2.09. The van der Waals surface area contributed by atoms with Crippen molar-refractivity contribution in [3.8, 4) is 0 Å². The van der Waals surface area contributed by atoms with Crippen molar-refractivity contribution in [1.82, 2.24) is 0 Å². The van der Waals surface area contributed by atoms with Crippen LogP contribution in [0.1, 0.15) is 15.9 Å². The molecule has 0 bridgehead atoms. The Labute approximate surface area is 124 Å². The molecule has 0 saturated carbocycles. The van der Waals surface area contributed by atoms with Crippen molar-refractivity contribution in [2.45, 2.75) is 6.54 Å². The minimum Gasteiger partial charge on any atom is -0.478 e. The molecular formula is C14H10Cl2FNO2. The second kappa shape index (κ2) is 6.11. The van der Waals surface area contributed by atoms with Crippen LogP contribution >= 0.6 is 23.2 Å². The maximum Gasteiger partial charge on any atom is 0.335 e. The van der Waals surface area contributed by atoms with Gasteiger partial charge in [0.15, 0.2) is 0 Å². The third-order valence-corrected chi connectivity index (χ3v) is 3.26. The van der Waals surface area contributed by atoms with E-state index in [0.29, 0.717) is 15.7 Å². The summed E-state index contributed by atoms with van der Waals surface area (Å²) in [4.78, 5) is 10.9. The predicted molar refractivity (Wildman–Crippen MR) is 77.1 cm³/mol. The quantitative estimate of drug-likeness (QED) is 0.877. The van der Waals surface area contributed by atoms with Crippen molar-refractivity contribution in [3.05, 3.63) is 63.4 Å². The first kappa shape index (κ1) is 14.6. The van der Waals surface area contributed by atoms with E-state index in [2.05, 4.69) is 5.32 Å². The van der Waals surface area contributed by atoms with Crippen molar-refractivity contribution in [2.24, 2.45) is 0 Å². The molecule has 20 heavy (non-hydrogen) atoms. The van der Waals surface area contributed by atoms with Crippen LogP contribution in [0.2, 0.25) is 10.0 Å². The van der Waals surface area contributed by atoms with Crippen molar-refractivity contribution in [1.29, 1.82) is 0 Å². The van der Waals surface area contributed by atoms with Crippen LogP contribution in [0.25, 0.3) is 0 Å². The van der Waals surface area contributed by atoms with Gasteiger partial charge in [-0.05, 0) is 36.4 Å². The lowest BCUT2D eigenvalue weighted by Gasteiger charge is -2.10. The van der Waals surface area contributed by atoms with E-state index >= 15 is 0 Å². The van der Waals surface area contributed by atoms with Gasteiger partial charge < -0.3 is 10.4 Å². The van der Waals surface area contributed by atoms with Gasteiger partial charge >= 0.3 is 5.97 Å². The van der Waals surface area contributed by atoms with Crippen LogP contribution in [0, 0.1) is 5.82 Å². The summed E-state index contributed by atoms with van der Waals surface area (Å²) in [6.45, 7) is 0.104. The summed E-state index contributed by atoms with van der Waals surface area (Å²) in [5.41, 5.74) is 0.820. The Morgan fingerprint density at radius 1 is 1.20 bits per heavy atom. The van der Waals surface area contributed by atoms with Gasteiger partial charge in [0.1, 0.15) is 5.82 Å². The molecule has 0 fully saturated rings. The van der Waals surface area contributed by atoms with Crippen LogP contribution in [-0.2, 0) is 6.54 Å². The van der Waals surface area contributed by atoms with Gasteiger partial charge in [0.05, 0.1) is 16.3 Å². The van der Waals surface area contributed by atoms with E-state index in [1.807, 2.05) is 0 Å². The van der Waals surface area contributed by atoms with Gasteiger partial charge in [-0.25, -0.2) is 9.18 Å². The van der Waals surface area contributed by atoms with Crippen LogP contribution in [0.4, 0.5) is 10.1 Å². The van der Waals surface area contributed by atoms with Gasteiger partial charge in [-0.15, -0.1) is 0 Å². The zero-order valence-electron chi connectivity index (χ0n) is 10.2. The Morgan fingerprint density at radius 2 is 1.95 bits per heavy atom. The highest BCUT2D eigenvalue weighted by molar-refractivity contribution is 6.35. The number of hydrogen-bond donors (Lipinski definition) is 2. The molecule has 2 aromatic rings. The number of carboxylic acids is 1. The third-order valence-electron chi connectivity index (χ3n) is 2.69. The standard InChI is InChI=1S/C14H10Cl2FNO2/c15-10-2-3-11(16)13(6-10)18-7-9-5-8(14(19)20)1-4-12(9)17/h1-6,18H,7H2,(H,19,20). The highest BCUT2D eigenvalue weighted by Crippen LogP contribution is 2.26. The zero-order chi connectivity index (χ0) is 14.7. The van der Waals surface area contributed by atoms with Gasteiger partial charge in [0, 0.05) is 17.1 Å². The zero-order valence-corrected chi connectivity index (χ0v) is 11.7. The number of aromatic carboxylic acids is 1. The molecule has 0 radical (unpaired) electrons. The van der Waals surface area contributed by atoms with Crippen molar-refractivity contribution in [3.63, 3.8) is 0 Å². The van der Waals surface area contributed by atoms with Crippen molar-refractivity contribution in [2.75, 3.05) is 5.32 Å². The SMILES string of the molecule is O=C(O)c1ccc(F)c(CNc2cc(Cl)ccc2Cl)c1. The summed E-state index contributed by atoms with van der Waals surface area (Å²) in [7, 11) is 0. The third kappa shape index (κ3) is 3.40. The monoisotopic (exact) mass is 313 g/mol. The van der Waals surface area contributed by atoms with E-state index in [4.69, 9.17) is 28.3 Å². The second-order valence-corrected chi connectivity index (χ2v) is 4.93. The molecule has 6 heteroatoms. The Balaban J connectivity index is 2.20. The van der Waals surface area contributed by atoms with Gasteiger partial charge in [0.25, 0.3) is 0 Å². The molecule has 0 aliphatic carbocycles. The van der Waals surface area contributed by atoms with Crippen molar-refractivity contribution < 1.29 is 14.3 Å². The van der Waals surface area contributed by atoms with E-state index in [1.165, 1.54) is 12.1 Å². The Morgan fingerprint density at radius 3 is 2.65 bits per heavy atom. The average Bonchev–Trinajstić information content (AvgIpc) is 2.41. The molecular weight excluding hydrogens is 304 g/mol. The van der Waals surface area contributed by atoms with Gasteiger partial charge in [0.2, 0.25) is 0 Å². The molecule has 0 spiro atoms. The highest BCUT2D eigenvalue weighted by atomic mass is 35.5. The second-order valence-electron chi connectivity index (χ2n) is 4.09. The molecule has 2 N–H and O–H groups in total. The normalized spacial score (nSPS) is 10.3. The first-order valence-electron chi connectivity index (χ1n) is 5.68. The summed E-state index contributed by atoms with van der Waals surface area (Å²) >= 11 is 11.8. The van der Waals surface area contributed by atoms with E-state index in [-0.39, 0.29) is 17.7 Å². The van der Waals surface area contributed by atoms with E-state index in [0.717, 1.165) is 6.07 Å². The molecule has 0 aliphatic heterocycles. The molecule has 0 saturated heterocycles. The minimum atomic E-state index is -1.10. The summed E-state index contributed by atoms with van der Waals surface area (Å²) in [6.07, 6.45) is 0. The molecule has 0 atom stereocenters. The number of nitrogens with one attached hydrogen (secondary N) is 1. The Kier molecular flexibility index (Phi) is 4.47. The number of hydrogen-bond acceptors (Lipinski definition) is 2. The van der Waals surface area contributed by atoms with Gasteiger partial charge in [-0.3, -0.25) is 0 Å². The predicted octanol–water partition coefficient (Wildman–Crippen LogP) is 4.44. The summed E-state index contributed by atoms with van der Waals surface area (Å²) in [5, 5.41) is 12.8. The molecule has 0 unspecified atom stereocenters. The first-order chi connectivity index (χ1) is 9.47. The van der Waals surface area contributed by atoms with Crippen LogP contribution < -0.4 is 5.32 Å². The molecule has 0 aromatic heterocycles. The number of anilines is 1. The topological polar surface area (TPSA) is 49.3 Å². The number of halogens is 3. The summed E-state index contributed by atoms with van der Waals surface area (Å²) in [5.74, 6) is -1.59. The Hall–Kier alpha value is -1.78. The fourth-order valence-corrected chi connectivity index (χ4v) is 2.02. The smallest absolute Gasteiger partial charge is 0.335 e. The Bertz CT molecular complexity index is 662. The lowest BCUT2D eigenvalue weighted by molar-refractivity contribution is 0.0696. The summed E-state index contributed by atoms with van der Waals surface area (Å²) in [6, 6.07) is 8.50. The molecule has 104 valence electrons. The largest absolute Gasteiger partial charge is 0.478 e. The van der Waals surface area contributed by atoms with E-state index < -0.39 is 11.8 Å². The van der Waals surface area contributed by atoms with Gasteiger partial charge in [-0.1, -0.05) is 23.2 Å². The molecule has 0 aliphatic rings. The van der Waals surface area contributed by atoms with Crippen molar-refractivity contribution >= 4 is 34.9 Å². The number of carbonyl (C=O) groups is 1. The van der Waals surface area contributed by atoms with E-state index in [9.17, 15) is 9.18 Å². The minimum absolute atomic E-state index is 0.0281. The first-order valence-corrected chi connectivity index (χ1v) is 6.43. The van der Waals surface area contributed by atoms with Crippen LogP contribution in [0.15, 0.2) is 36.4 Å². The fraction of sp³-hybridized carbons (Fsp3) is 0.0714. The lowest BCUT2D eigenvalue weighted by atomic mass is 10.1. The fourth-order valence-electron chi connectivity index (χ4n) is 1.67. The average molecular weight is 314 g/mol. The maximum absolute atomic E-state index is 13.6. The van der Waals surface area contributed by atoms with Crippen LogP contribution in [0.3, 0.4) is 0 Å². The molecule has 3 nitrogen and oxygen atoms in total. The lowest BCUT2D eigenvalue weighted by Crippen LogP contribution is -2.05. The van der Waals surface area contributed by atoms with Gasteiger partial charge in [-0.2, -0.15) is 0 Å². The molecule has 2 aromatic carbocycles. The molecule has 0 amide bonds. The summed E-state index contributed by atoms with van der Waals surface area (Å²) < 4.78 is 13.6. The number of rotatable bonds is 4. The number of benzene rings is 2.